The molecular formula is C14H22FN3. The summed E-state index contributed by atoms with van der Waals surface area (Å²) in [7, 11) is 2.01. The maximum absolute atomic E-state index is 13.2. The van der Waals surface area contributed by atoms with E-state index in [1.54, 1.807) is 12.3 Å². The van der Waals surface area contributed by atoms with Crippen molar-refractivity contribution in [2.24, 2.45) is 5.92 Å². The summed E-state index contributed by atoms with van der Waals surface area (Å²) in [6.45, 7) is 5.41. The molecule has 1 N–H and O–H groups in total. The van der Waals surface area contributed by atoms with Crippen LogP contribution in [-0.4, -0.2) is 36.6 Å². The Labute approximate surface area is 108 Å². The van der Waals surface area contributed by atoms with Crippen molar-refractivity contribution < 1.29 is 4.39 Å². The second kappa shape index (κ2) is 6.25. The molecular weight excluding hydrogens is 229 g/mol. The van der Waals surface area contributed by atoms with Crippen LogP contribution in [0.3, 0.4) is 0 Å². The van der Waals surface area contributed by atoms with Gasteiger partial charge in [-0.3, -0.25) is 9.88 Å². The number of aromatic nitrogens is 1. The molecule has 1 aromatic rings. The second-order valence-electron chi connectivity index (χ2n) is 5.15. The number of hydrogen-bond donors (Lipinski definition) is 1. The molecule has 100 valence electrons. The number of piperidine rings is 1. The maximum Gasteiger partial charge on any atom is 0.141 e. The molecule has 0 amide bonds. The van der Waals surface area contributed by atoms with Crippen molar-refractivity contribution in [1.29, 1.82) is 0 Å². The molecule has 0 bridgehead atoms. The van der Waals surface area contributed by atoms with Gasteiger partial charge in [0.15, 0.2) is 0 Å². The third kappa shape index (κ3) is 3.27. The number of nitrogens with zero attached hydrogens (tertiary/aromatic N) is 2. The molecule has 0 saturated carbocycles. The molecule has 2 heterocycles. The van der Waals surface area contributed by atoms with Crippen LogP contribution < -0.4 is 5.32 Å². The summed E-state index contributed by atoms with van der Waals surface area (Å²) in [5.74, 6) is 0.536. The predicted molar refractivity (Wildman–Crippen MR) is 70.8 cm³/mol. The van der Waals surface area contributed by atoms with Gasteiger partial charge >= 0.3 is 0 Å². The number of rotatable bonds is 4. The fourth-order valence-electron chi connectivity index (χ4n) is 2.70. The van der Waals surface area contributed by atoms with E-state index in [2.05, 4.69) is 22.1 Å². The topological polar surface area (TPSA) is 28.2 Å². The SMILES string of the molecule is CNCC1CCN(C(C)c2cncc(F)c2)CC1. The van der Waals surface area contributed by atoms with Gasteiger partial charge in [-0.2, -0.15) is 0 Å². The van der Waals surface area contributed by atoms with Crippen molar-refractivity contribution in [1.82, 2.24) is 15.2 Å². The Bertz CT molecular complexity index is 375. The molecule has 1 unspecified atom stereocenters. The maximum atomic E-state index is 13.2. The number of likely N-dealkylation sites (tertiary alicyclic amines) is 1. The van der Waals surface area contributed by atoms with Crippen LogP contribution in [0.25, 0.3) is 0 Å². The summed E-state index contributed by atoms with van der Waals surface area (Å²) in [6, 6.07) is 1.85. The summed E-state index contributed by atoms with van der Waals surface area (Å²) in [5, 5.41) is 3.24. The number of halogens is 1. The highest BCUT2D eigenvalue weighted by molar-refractivity contribution is 5.14. The highest BCUT2D eigenvalue weighted by Gasteiger charge is 2.23. The fourth-order valence-corrected chi connectivity index (χ4v) is 2.70. The molecule has 18 heavy (non-hydrogen) atoms. The molecule has 1 aromatic heterocycles. The standard InChI is InChI=1S/C14H22FN3/c1-11(13-7-14(15)10-17-9-13)18-5-3-12(4-6-18)8-16-2/h7,9-12,16H,3-6,8H2,1-2H3. The van der Waals surface area contributed by atoms with E-state index >= 15 is 0 Å². The lowest BCUT2D eigenvalue weighted by Gasteiger charge is -2.36. The summed E-state index contributed by atoms with van der Waals surface area (Å²) >= 11 is 0. The van der Waals surface area contributed by atoms with Crippen LogP contribution >= 0.6 is 0 Å². The second-order valence-corrected chi connectivity index (χ2v) is 5.15. The van der Waals surface area contributed by atoms with Crippen LogP contribution in [0.15, 0.2) is 18.5 Å². The van der Waals surface area contributed by atoms with Gasteiger partial charge in [-0.15, -0.1) is 0 Å². The van der Waals surface area contributed by atoms with Crippen molar-refractivity contribution >= 4 is 0 Å². The third-order valence-corrected chi connectivity index (χ3v) is 3.90. The van der Waals surface area contributed by atoms with E-state index in [0.29, 0.717) is 0 Å². The molecule has 1 fully saturated rings. The molecule has 0 aromatic carbocycles. The first-order chi connectivity index (χ1) is 8.70. The summed E-state index contributed by atoms with van der Waals surface area (Å²) in [5.41, 5.74) is 0.974. The Balaban J connectivity index is 1.93. The van der Waals surface area contributed by atoms with Crippen LogP contribution in [0.4, 0.5) is 4.39 Å². The Morgan fingerprint density at radius 1 is 1.44 bits per heavy atom. The average Bonchev–Trinajstić information content (AvgIpc) is 2.39. The van der Waals surface area contributed by atoms with Gasteiger partial charge in [0.1, 0.15) is 5.82 Å². The van der Waals surface area contributed by atoms with Crippen molar-refractivity contribution in [2.45, 2.75) is 25.8 Å². The van der Waals surface area contributed by atoms with Crippen molar-refractivity contribution in [3.8, 4) is 0 Å². The summed E-state index contributed by atoms with van der Waals surface area (Å²) in [6.07, 6.45) is 5.46. The molecule has 3 nitrogen and oxygen atoms in total. The van der Waals surface area contributed by atoms with Gasteiger partial charge in [0, 0.05) is 12.2 Å². The van der Waals surface area contributed by atoms with Crippen molar-refractivity contribution in [3.05, 3.63) is 29.8 Å². The Kier molecular flexibility index (Phi) is 4.66. The van der Waals surface area contributed by atoms with E-state index in [1.807, 2.05) is 7.05 Å². The van der Waals surface area contributed by atoms with Crippen LogP contribution in [0.5, 0.6) is 0 Å². The number of pyridine rings is 1. The summed E-state index contributed by atoms with van der Waals surface area (Å²) < 4.78 is 13.2. The monoisotopic (exact) mass is 251 g/mol. The predicted octanol–water partition coefficient (Wildman–Crippen LogP) is 2.21. The zero-order valence-corrected chi connectivity index (χ0v) is 11.2. The van der Waals surface area contributed by atoms with E-state index in [4.69, 9.17) is 0 Å². The van der Waals surface area contributed by atoms with Gasteiger partial charge in [-0.1, -0.05) is 0 Å². The molecule has 1 aliphatic heterocycles. The minimum absolute atomic E-state index is 0.246. The molecule has 1 atom stereocenters. The minimum Gasteiger partial charge on any atom is -0.319 e. The van der Waals surface area contributed by atoms with Crippen LogP contribution in [0.1, 0.15) is 31.4 Å². The summed E-state index contributed by atoms with van der Waals surface area (Å²) in [4.78, 5) is 6.35. The highest BCUT2D eigenvalue weighted by Crippen LogP contribution is 2.26. The first-order valence-electron chi connectivity index (χ1n) is 6.70. The van der Waals surface area contributed by atoms with Gasteiger partial charge in [-0.25, -0.2) is 4.39 Å². The van der Waals surface area contributed by atoms with E-state index in [0.717, 1.165) is 31.1 Å². The minimum atomic E-state index is -0.246. The van der Waals surface area contributed by atoms with Crippen LogP contribution in [0.2, 0.25) is 0 Å². The zero-order chi connectivity index (χ0) is 13.0. The van der Waals surface area contributed by atoms with Crippen LogP contribution in [0, 0.1) is 11.7 Å². The van der Waals surface area contributed by atoms with Crippen molar-refractivity contribution in [2.75, 3.05) is 26.7 Å². The number of nitrogens with one attached hydrogen (secondary N) is 1. The van der Waals surface area contributed by atoms with E-state index < -0.39 is 0 Å². The molecule has 1 saturated heterocycles. The van der Waals surface area contributed by atoms with E-state index in [-0.39, 0.29) is 11.9 Å². The lowest BCUT2D eigenvalue weighted by molar-refractivity contribution is 0.140. The molecule has 4 heteroatoms. The van der Waals surface area contributed by atoms with Gasteiger partial charge < -0.3 is 5.32 Å². The lowest BCUT2D eigenvalue weighted by Crippen LogP contribution is -2.38. The average molecular weight is 251 g/mol. The molecule has 0 radical (unpaired) electrons. The molecule has 1 aliphatic rings. The first kappa shape index (κ1) is 13.4. The Morgan fingerprint density at radius 2 is 2.17 bits per heavy atom. The molecule has 0 spiro atoms. The van der Waals surface area contributed by atoms with Crippen molar-refractivity contribution in [3.63, 3.8) is 0 Å². The van der Waals surface area contributed by atoms with Gasteiger partial charge in [0.05, 0.1) is 6.20 Å². The smallest absolute Gasteiger partial charge is 0.141 e. The first-order valence-corrected chi connectivity index (χ1v) is 6.70. The molecule has 2 rings (SSSR count). The van der Waals surface area contributed by atoms with Gasteiger partial charge in [0.2, 0.25) is 0 Å². The van der Waals surface area contributed by atoms with E-state index in [1.165, 1.54) is 19.0 Å². The lowest BCUT2D eigenvalue weighted by atomic mass is 9.95. The van der Waals surface area contributed by atoms with E-state index in [9.17, 15) is 4.39 Å². The van der Waals surface area contributed by atoms with Gasteiger partial charge in [0.25, 0.3) is 0 Å². The third-order valence-electron chi connectivity index (χ3n) is 3.90. The Morgan fingerprint density at radius 3 is 2.78 bits per heavy atom. The van der Waals surface area contributed by atoms with Crippen LogP contribution in [-0.2, 0) is 0 Å². The zero-order valence-electron chi connectivity index (χ0n) is 11.2. The normalized spacial score (nSPS) is 19.9. The number of hydrogen-bond acceptors (Lipinski definition) is 3. The fraction of sp³-hybridized carbons (Fsp3) is 0.643. The highest BCUT2D eigenvalue weighted by atomic mass is 19.1. The largest absolute Gasteiger partial charge is 0.319 e. The Hall–Kier alpha value is -1.00. The van der Waals surface area contributed by atoms with Gasteiger partial charge in [-0.05, 0) is 64.0 Å². The molecule has 0 aliphatic carbocycles. The quantitative estimate of drug-likeness (QED) is 0.889.